The first-order valence-corrected chi connectivity index (χ1v) is 6.03. The van der Waals surface area contributed by atoms with E-state index in [1.54, 1.807) is 6.07 Å². The monoisotopic (exact) mass is 270 g/mol. The Morgan fingerprint density at radius 3 is 2.79 bits per heavy atom. The molecule has 1 aliphatic rings. The van der Waals surface area contributed by atoms with Crippen molar-refractivity contribution >= 4 is 11.6 Å². The van der Waals surface area contributed by atoms with Gasteiger partial charge in [-0.1, -0.05) is 0 Å². The lowest BCUT2D eigenvalue weighted by atomic mass is 10.1. The Hall–Kier alpha value is -1.85. The van der Waals surface area contributed by atoms with E-state index in [9.17, 15) is 13.6 Å². The van der Waals surface area contributed by atoms with Crippen molar-refractivity contribution in [2.24, 2.45) is 0 Å². The first-order chi connectivity index (χ1) is 8.93. The Kier molecular flexibility index (Phi) is 3.59. The Morgan fingerprint density at radius 2 is 2.21 bits per heavy atom. The lowest BCUT2D eigenvalue weighted by molar-refractivity contribution is -0.0560. The molecule has 2 N–H and O–H groups in total. The average molecular weight is 270 g/mol. The lowest BCUT2D eigenvalue weighted by Crippen LogP contribution is -2.45. The number of likely N-dealkylation sites (tertiary alicyclic amines) is 1. The Labute approximate surface area is 110 Å². The van der Waals surface area contributed by atoms with Gasteiger partial charge in [-0.05, 0) is 24.6 Å². The molecule has 6 heteroatoms. The minimum atomic E-state index is -2.80. The quantitative estimate of drug-likeness (QED) is 0.838. The smallest absolute Gasteiger partial charge is 0.265 e. The number of hydrogen-bond acceptors (Lipinski definition) is 3. The molecule has 104 valence electrons. The number of alkyl halides is 2. The molecule has 1 heterocycles. The van der Waals surface area contributed by atoms with Crippen LogP contribution in [0.5, 0.6) is 5.75 Å². The molecule has 0 saturated carbocycles. The molecule has 1 aromatic carbocycles. The van der Waals surface area contributed by atoms with E-state index in [1.165, 1.54) is 24.1 Å². The van der Waals surface area contributed by atoms with Gasteiger partial charge < -0.3 is 15.4 Å². The summed E-state index contributed by atoms with van der Waals surface area (Å²) < 4.78 is 31.6. The van der Waals surface area contributed by atoms with Gasteiger partial charge in [0.1, 0.15) is 5.75 Å². The summed E-state index contributed by atoms with van der Waals surface area (Å²) in [5, 5.41) is 0. The number of halogens is 2. The number of nitrogens with zero attached hydrogens (tertiary/aromatic N) is 1. The van der Waals surface area contributed by atoms with Gasteiger partial charge in [0, 0.05) is 18.5 Å². The highest BCUT2D eigenvalue weighted by Crippen LogP contribution is 2.28. The number of methoxy groups -OCH3 is 1. The summed E-state index contributed by atoms with van der Waals surface area (Å²) in [7, 11) is 1.47. The number of ether oxygens (including phenoxy) is 1. The standard InChI is InChI=1S/C13H16F2N2O2/c1-19-11-4-3-9(7-10(11)16)12(18)17-6-2-5-13(14,15)8-17/h3-4,7H,2,5-6,8,16H2,1H3. The molecule has 19 heavy (non-hydrogen) atoms. The second-order valence-electron chi connectivity index (χ2n) is 4.64. The number of amides is 1. The van der Waals surface area contributed by atoms with Crippen molar-refractivity contribution in [3.05, 3.63) is 23.8 Å². The minimum absolute atomic E-state index is 0.165. The minimum Gasteiger partial charge on any atom is -0.495 e. The van der Waals surface area contributed by atoms with E-state index < -0.39 is 18.4 Å². The zero-order chi connectivity index (χ0) is 14.0. The van der Waals surface area contributed by atoms with Crippen LogP contribution in [0.1, 0.15) is 23.2 Å². The number of anilines is 1. The van der Waals surface area contributed by atoms with Crippen LogP contribution in [0.4, 0.5) is 14.5 Å². The van der Waals surface area contributed by atoms with Crippen molar-refractivity contribution in [2.45, 2.75) is 18.8 Å². The summed E-state index contributed by atoms with van der Waals surface area (Å²) in [6, 6.07) is 4.54. The zero-order valence-corrected chi connectivity index (χ0v) is 10.7. The second kappa shape index (κ2) is 5.03. The van der Waals surface area contributed by atoms with E-state index in [-0.39, 0.29) is 6.42 Å². The predicted molar refractivity (Wildman–Crippen MR) is 67.5 cm³/mol. The number of carbonyl (C=O) groups is 1. The van der Waals surface area contributed by atoms with Crippen LogP contribution >= 0.6 is 0 Å². The van der Waals surface area contributed by atoms with E-state index >= 15 is 0 Å². The summed E-state index contributed by atoms with van der Waals surface area (Å²) in [6.45, 7) is -0.182. The largest absolute Gasteiger partial charge is 0.495 e. The molecule has 4 nitrogen and oxygen atoms in total. The molecular formula is C13H16F2N2O2. The van der Waals surface area contributed by atoms with Crippen LogP contribution in [0.15, 0.2) is 18.2 Å². The molecule has 0 spiro atoms. The van der Waals surface area contributed by atoms with Crippen molar-refractivity contribution in [1.29, 1.82) is 0 Å². The highest BCUT2D eigenvalue weighted by atomic mass is 19.3. The first kappa shape index (κ1) is 13.6. The highest BCUT2D eigenvalue weighted by Gasteiger charge is 2.37. The number of nitrogens with two attached hydrogens (primary N) is 1. The number of nitrogen functional groups attached to an aromatic ring is 1. The molecule has 0 atom stereocenters. The van der Waals surface area contributed by atoms with Crippen molar-refractivity contribution in [3.8, 4) is 5.75 Å². The molecule has 0 bridgehead atoms. The number of piperidine rings is 1. The fourth-order valence-electron chi connectivity index (χ4n) is 2.19. The molecule has 1 saturated heterocycles. The van der Waals surface area contributed by atoms with Gasteiger partial charge in [-0.2, -0.15) is 0 Å². The molecule has 0 aromatic heterocycles. The van der Waals surface area contributed by atoms with Crippen LogP contribution in [0, 0.1) is 0 Å². The Balaban J connectivity index is 2.17. The molecular weight excluding hydrogens is 254 g/mol. The maximum absolute atomic E-state index is 13.3. The fraction of sp³-hybridized carbons (Fsp3) is 0.462. The SMILES string of the molecule is COc1ccc(C(=O)N2CCCC(F)(F)C2)cc1N. The van der Waals surface area contributed by atoms with Crippen molar-refractivity contribution < 1.29 is 18.3 Å². The molecule has 1 fully saturated rings. The lowest BCUT2D eigenvalue weighted by Gasteiger charge is -2.32. The molecule has 0 aliphatic carbocycles. The summed E-state index contributed by atoms with van der Waals surface area (Å²) in [4.78, 5) is 13.3. The maximum atomic E-state index is 13.3. The van der Waals surface area contributed by atoms with E-state index in [1.807, 2.05) is 0 Å². The van der Waals surface area contributed by atoms with Gasteiger partial charge >= 0.3 is 0 Å². The zero-order valence-electron chi connectivity index (χ0n) is 10.7. The topological polar surface area (TPSA) is 55.6 Å². The van der Waals surface area contributed by atoms with E-state index in [2.05, 4.69) is 0 Å². The van der Waals surface area contributed by atoms with Gasteiger partial charge in [0.25, 0.3) is 11.8 Å². The molecule has 0 unspecified atom stereocenters. The van der Waals surface area contributed by atoms with Gasteiger partial charge in [-0.25, -0.2) is 8.78 Å². The van der Waals surface area contributed by atoms with Crippen LogP contribution in [-0.2, 0) is 0 Å². The summed E-state index contributed by atoms with van der Waals surface area (Å²) in [5.74, 6) is -2.76. The van der Waals surface area contributed by atoms with Crippen LogP contribution < -0.4 is 10.5 Å². The fourth-order valence-corrected chi connectivity index (χ4v) is 2.19. The third kappa shape index (κ3) is 2.94. The summed E-state index contributed by atoms with van der Waals surface area (Å²) in [5.41, 5.74) is 6.33. The highest BCUT2D eigenvalue weighted by molar-refractivity contribution is 5.95. The Morgan fingerprint density at radius 1 is 1.47 bits per heavy atom. The third-order valence-corrected chi connectivity index (χ3v) is 3.16. The van der Waals surface area contributed by atoms with Crippen LogP contribution in [0.2, 0.25) is 0 Å². The van der Waals surface area contributed by atoms with Crippen molar-refractivity contribution in [3.63, 3.8) is 0 Å². The van der Waals surface area contributed by atoms with E-state index in [4.69, 9.17) is 10.5 Å². The van der Waals surface area contributed by atoms with Crippen LogP contribution in [0.3, 0.4) is 0 Å². The van der Waals surface area contributed by atoms with Gasteiger partial charge in [0.15, 0.2) is 0 Å². The van der Waals surface area contributed by atoms with Crippen LogP contribution in [-0.4, -0.2) is 36.9 Å². The molecule has 1 aliphatic heterocycles. The molecule has 1 amide bonds. The van der Waals surface area contributed by atoms with Crippen molar-refractivity contribution in [2.75, 3.05) is 25.9 Å². The van der Waals surface area contributed by atoms with Gasteiger partial charge in [0.05, 0.1) is 19.3 Å². The molecule has 1 aromatic rings. The molecule has 0 radical (unpaired) electrons. The number of rotatable bonds is 2. The first-order valence-electron chi connectivity index (χ1n) is 6.03. The van der Waals surface area contributed by atoms with E-state index in [0.717, 1.165) is 0 Å². The predicted octanol–water partition coefficient (Wildman–Crippen LogP) is 2.15. The summed E-state index contributed by atoms with van der Waals surface area (Å²) in [6.07, 6.45) is 0.145. The average Bonchev–Trinajstić information content (AvgIpc) is 2.36. The second-order valence-corrected chi connectivity index (χ2v) is 4.64. The van der Waals surface area contributed by atoms with Crippen LogP contribution in [0.25, 0.3) is 0 Å². The third-order valence-electron chi connectivity index (χ3n) is 3.16. The van der Waals surface area contributed by atoms with Gasteiger partial charge in [-0.15, -0.1) is 0 Å². The number of carbonyl (C=O) groups excluding carboxylic acids is 1. The Bertz CT molecular complexity index is 492. The van der Waals surface area contributed by atoms with E-state index in [0.29, 0.717) is 30.0 Å². The van der Waals surface area contributed by atoms with Gasteiger partial charge in [-0.3, -0.25) is 4.79 Å². The molecule has 2 rings (SSSR count). The normalized spacial score (nSPS) is 18.2. The number of benzene rings is 1. The summed E-state index contributed by atoms with van der Waals surface area (Å²) >= 11 is 0. The maximum Gasteiger partial charge on any atom is 0.265 e. The van der Waals surface area contributed by atoms with Gasteiger partial charge in [0.2, 0.25) is 0 Å². The number of hydrogen-bond donors (Lipinski definition) is 1. The van der Waals surface area contributed by atoms with Crippen molar-refractivity contribution in [1.82, 2.24) is 4.90 Å².